The molecular formula is C23H20N6S. The van der Waals surface area contributed by atoms with Crippen molar-refractivity contribution in [2.45, 2.75) is 20.8 Å². The maximum Gasteiger partial charge on any atom is 0.194 e. The van der Waals surface area contributed by atoms with Crippen LogP contribution < -0.4 is 5.43 Å². The summed E-state index contributed by atoms with van der Waals surface area (Å²) in [5, 5.41) is 17.4. The molecule has 3 aromatic heterocycles. The van der Waals surface area contributed by atoms with E-state index in [1.54, 1.807) is 17.6 Å². The highest BCUT2D eigenvalue weighted by Crippen LogP contribution is 2.30. The number of aryl methyl sites for hydroxylation is 3. The predicted molar refractivity (Wildman–Crippen MR) is 123 cm³/mol. The number of hydrogen-bond donors (Lipinski definition) is 1. The molecule has 148 valence electrons. The summed E-state index contributed by atoms with van der Waals surface area (Å²) in [4.78, 5) is 5.50. The van der Waals surface area contributed by atoms with Crippen LogP contribution in [0.25, 0.3) is 27.0 Å². The summed E-state index contributed by atoms with van der Waals surface area (Å²) in [7, 11) is 0. The zero-order valence-corrected chi connectivity index (χ0v) is 17.7. The summed E-state index contributed by atoms with van der Waals surface area (Å²) < 4.78 is 2.03. The summed E-state index contributed by atoms with van der Waals surface area (Å²) in [5.41, 5.74) is 9.38. The lowest BCUT2D eigenvalue weighted by Gasteiger charge is -2.10. The van der Waals surface area contributed by atoms with Crippen LogP contribution in [0.4, 0.5) is 5.82 Å². The Morgan fingerprint density at radius 3 is 2.67 bits per heavy atom. The zero-order valence-electron chi connectivity index (χ0n) is 16.9. The molecule has 0 radical (unpaired) electrons. The molecule has 0 atom stereocenters. The van der Waals surface area contributed by atoms with Gasteiger partial charge in [-0.25, -0.2) is 4.98 Å². The number of fused-ring (bicyclic) bond motifs is 2. The fourth-order valence-corrected chi connectivity index (χ4v) is 4.28. The highest BCUT2D eigenvalue weighted by molar-refractivity contribution is 7.15. The van der Waals surface area contributed by atoms with Crippen LogP contribution in [0, 0.1) is 20.8 Å². The lowest BCUT2D eigenvalue weighted by Crippen LogP contribution is -2.00. The molecule has 5 rings (SSSR count). The van der Waals surface area contributed by atoms with Crippen molar-refractivity contribution in [2.75, 3.05) is 5.43 Å². The molecule has 0 aliphatic rings. The molecule has 0 unspecified atom stereocenters. The van der Waals surface area contributed by atoms with E-state index in [9.17, 15) is 0 Å². The number of imidazole rings is 1. The van der Waals surface area contributed by atoms with E-state index in [4.69, 9.17) is 0 Å². The number of hydrazone groups is 1. The SMILES string of the molecule is Cc1ccc(-c2nnc(NN=Cc3c(C)nc4sccn34)c3ccccc23)cc1C. The van der Waals surface area contributed by atoms with Crippen LogP contribution in [0.2, 0.25) is 0 Å². The third-order valence-electron chi connectivity index (χ3n) is 5.31. The molecule has 2 aromatic carbocycles. The first-order valence-corrected chi connectivity index (χ1v) is 10.5. The maximum absolute atomic E-state index is 4.54. The maximum atomic E-state index is 4.54. The summed E-state index contributed by atoms with van der Waals surface area (Å²) in [6.45, 7) is 6.21. The van der Waals surface area contributed by atoms with Crippen LogP contribution in [0.15, 0.2) is 59.1 Å². The second-order valence-corrected chi connectivity index (χ2v) is 8.12. The average Bonchev–Trinajstić information content (AvgIpc) is 3.32. The normalized spacial score (nSPS) is 11.7. The van der Waals surface area contributed by atoms with E-state index in [0.717, 1.165) is 38.4 Å². The largest absolute Gasteiger partial charge is 0.289 e. The van der Waals surface area contributed by atoms with Gasteiger partial charge in [0.25, 0.3) is 0 Å². The molecule has 0 saturated heterocycles. The van der Waals surface area contributed by atoms with Crippen molar-refractivity contribution in [3.63, 3.8) is 0 Å². The minimum absolute atomic E-state index is 0.623. The van der Waals surface area contributed by atoms with Crippen molar-refractivity contribution in [3.05, 3.63) is 76.6 Å². The molecule has 0 aliphatic carbocycles. The minimum atomic E-state index is 0.623. The fraction of sp³-hybridized carbons (Fsp3) is 0.130. The lowest BCUT2D eigenvalue weighted by molar-refractivity contribution is 1.04. The van der Waals surface area contributed by atoms with Crippen LogP contribution in [0.5, 0.6) is 0 Å². The Morgan fingerprint density at radius 2 is 1.83 bits per heavy atom. The number of aromatic nitrogens is 4. The number of anilines is 1. The molecule has 5 aromatic rings. The molecule has 0 fully saturated rings. The van der Waals surface area contributed by atoms with Gasteiger partial charge in [-0.1, -0.05) is 36.4 Å². The molecule has 0 aliphatic heterocycles. The number of hydrogen-bond acceptors (Lipinski definition) is 6. The van der Waals surface area contributed by atoms with E-state index >= 15 is 0 Å². The second-order valence-electron chi connectivity index (χ2n) is 7.25. The quantitative estimate of drug-likeness (QED) is 0.318. The minimum Gasteiger partial charge on any atom is -0.289 e. The Hall–Kier alpha value is -3.58. The standard InChI is InChI=1S/C23H20N6S/c1-14-8-9-17(12-15(14)2)21-18-6-4-5-7-19(18)22(28-26-21)27-24-13-20-16(3)25-23-29(20)10-11-30-23/h4-13H,1-3H3,(H,27,28). The molecule has 0 bridgehead atoms. The Bertz CT molecular complexity index is 1410. The third kappa shape index (κ3) is 3.13. The van der Waals surface area contributed by atoms with Gasteiger partial charge in [-0.15, -0.1) is 21.5 Å². The topological polar surface area (TPSA) is 67.5 Å². The van der Waals surface area contributed by atoms with E-state index in [0.29, 0.717) is 5.82 Å². The first kappa shape index (κ1) is 18.4. The number of nitrogens with one attached hydrogen (secondary N) is 1. The molecule has 3 heterocycles. The van der Waals surface area contributed by atoms with Gasteiger partial charge in [-0.2, -0.15) is 5.10 Å². The highest BCUT2D eigenvalue weighted by atomic mass is 32.1. The first-order valence-electron chi connectivity index (χ1n) is 9.66. The highest BCUT2D eigenvalue weighted by Gasteiger charge is 2.12. The Morgan fingerprint density at radius 1 is 1.00 bits per heavy atom. The van der Waals surface area contributed by atoms with Gasteiger partial charge >= 0.3 is 0 Å². The van der Waals surface area contributed by atoms with Gasteiger partial charge in [0, 0.05) is 27.9 Å². The average molecular weight is 413 g/mol. The summed E-state index contributed by atoms with van der Waals surface area (Å²) >= 11 is 1.60. The zero-order chi connectivity index (χ0) is 20.7. The number of thiazole rings is 1. The van der Waals surface area contributed by atoms with E-state index in [-0.39, 0.29) is 0 Å². The summed E-state index contributed by atoms with van der Waals surface area (Å²) in [6.07, 6.45) is 3.77. The molecule has 7 heteroatoms. The number of nitrogens with zero attached hydrogens (tertiary/aromatic N) is 5. The van der Waals surface area contributed by atoms with Crippen LogP contribution in [-0.2, 0) is 0 Å². The van der Waals surface area contributed by atoms with Crippen molar-refractivity contribution >= 4 is 39.1 Å². The van der Waals surface area contributed by atoms with Gasteiger partial charge in [0.05, 0.1) is 17.6 Å². The van der Waals surface area contributed by atoms with Crippen LogP contribution in [0.3, 0.4) is 0 Å². The summed E-state index contributed by atoms with van der Waals surface area (Å²) in [6, 6.07) is 14.5. The van der Waals surface area contributed by atoms with Crippen molar-refractivity contribution < 1.29 is 0 Å². The van der Waals surface area contributed by atoms with Gasteiger partial charge in [0.1, 0.15) is 5.69 Å². The molecule has 0 amide bonds. The van der Waals surface area contributed by atoms with E-state index in [1.807, 2.05) is 41.1 Å². The molecule has 0 saturated carbocycles. The molecular weight excluding hydrogens is 392 g/mol. The predicted octanol–water partition coefficient (Wildman–Crippen LogP) is 5.38. The van der Waals surface area contributed by atoms with E-state index in [1.165, 1.54) is 11.1 Å². The molecule has 6 nitrogen and oxygen atoms in total. The van der Waals surface area contributed by atoms with Gasteiger partial charge in [-0.3, -0.25) is 9.83 Å². The monoisotopic (exact) mass is 412 g/mol. The van der Waals surface area contributed by atoms with Gasteiger partial charge in [0.2, 0.25) is 0 Å². The van der Waals surface area contributed by atoms with Gasteiger partial charge in [-0.05, 0) is 38.0 Å². The van der Waals surface area contributed by atoms with Crippen molar-refractivity contribution in [3.8, 4) is 11.3 Å². The van der Waals surface area contributed by atoms with E-state index in [2.05, 4.69) is 63.8 Å². The Kier molecular flexibility index (Phi) is 4.52. The third-order valence-corrected chi connectivity index (χ3v) is 6.06. The lowest BCUT2D eigenvalue weighted by atomic mass is 10.0. The van der Waals surface area contributed by atoms with Crippen LogP contribution >= 0.6 is 11.3 Å². The molecule has 30 heavy (non-hydrogen) atoms. The first-order chi connectivity index (χ1) is 14.6. The number of rotatable bonds is 4. The second kappa shape index (κ2) is 7.35. The smallest absolute Gasteiger partial charge is 0.194 e. The van der Waals surface area contributed by atoms with Crippen molar-refractivity contribution in [1.82, 2.24) is 19.6 Å². The summed E-state index contributed by atoms with van der Waals surface area (Å²) in [5.74, 6) is 0.623. The molecule has 1 N–H and O–H groups in total. The number of benzene rings is 2. The Balaban J connectivity index is 1.52. The Labute approximate surface area is 177 Å². The van der Waals surface area contributed by atoms with Crippen LogP contribution in [0.1, 0.15) is 22.5 Å². The van der Waals surface area contributed by atoms with Crippen molar-refractivity contribution in [2.24, 2.45) is 5.10 Å². The van der Waals surface area contributed by atoms with Gasteiger partial charge in [0.15, 0.2) is 10.8 Å². The van der Waals surface area contributed by atoms with Gasteiger partial charge < -0.3 is 0 Å². The van der Waals surface area contributed by atoms with Crippen molar-refractivity contribution in [1.29, 1.82) is 0 Å². The fourth-order valence-electron chi connectivity index (χ4n) is 3.51. The molecule has 0 spiro atoms. The van der Waals surface area contributed by atoms with Crippen LogP contribution in [-0.4, -0.2) is 25.8 Å². The van der Waals surface area contributed by atoms with E-state index < -0.39 is 0 Å².